The van der Waals surface area contributed by atoms with E-state index in [4.69, 9.17) is 4.74 Å². The number of hydrogen-bond acceptors (Lipinski definition) is 4. The van der Waals surface area contributed by atoms with Crippen molar-refractivity contribution in [2.24, 2.45) is 7.05 Å². The Bertz CT molecular complexity index is 388. The van der Waals surface area contributed by atoms with Gasteiger partial charge in [-0.1, -0.05) is 0 Å². The predicted molar refractivity (Wildman–Crippen MR) is 53.8 cm³/mol. The number of nitrogens with zero attached hydrogens (tertiary/aromatic N) is 2. The van der Waals surface area contributed by atoms with E-state index in [9.17, 15) is 9.59 Å². The minimum Gasteiger partial charge on any atom is -0.456 e. The summed E-state index contributed by atoms with van der Waals surface area (Å²) in [4.78, 5) is 22.3. The summed E-state index contributed by atoms with van der Waals surface area (Å²) < 4.78 is 6.47. The van der Waals surface area contributed by atoms with Gasteiger partial charge in [0.25, 0.3) is 0 Å². The number of carbonyl (C=O) groups excluding carboxylic acids is 2. The maximum absolute atomic E-state index is 11.6. The Morgan fingerprint density at radius 2 is 2.13 bits per heavy atom. The molecule has 5 nitrogen and oxygen atoms in total. The third kappa shape index (κ3) is 2.65. The zero-order valence-corrected chi connectivity index (χ0v) is 9.27. The summed E-state index contributed by atoms with van der Waals surface area (Å²) in [5.41, 5.74) is -0.153. The first-order chi connectivity index (χ1) is 6.85. The molecule has 0 N–H and O–H groups in total. The number of aromatic nitrogens is 2. The molecule has 1 aromatic heterocycles. The zero-order valence-electron chi connectivity index (χ0n) is 9.27. The number of aldehydes is 1. The maximum atomic E-state index is 11.6. The first-order valence-electron chi connectivity index (χ1n) is 4.55. The molecule has 0 aromatic carbocycles. The van der Waals surface area contributed by atoms with Crippen molar-refractivity contribution < 1.29 is 14.3 Å². The zero-order chi connectivity index (χ0) is 11.6. The van der Waals surface area contributed by atoms with Gasteiger partial charge in [-0.25, -0.2) is 4.79 Å². The van der Waals surface area contributed by atoms with Gasteiger partial charge in [-0.3, -0.25) is 9.48 Å². The minimum absolute atomic E-state index is 0.197. The molecule has 1 heterocycles. The number of rotatable bonds is 2. The van der Waals surface area contributed by atoms with Crippen molar-refractivity contribution in [2.75, 3.05) is 0 Å². The molecule has 0 amide bonds. The largest absolute Gasteiger partial charge is 0.456 e. The highest BCUT2D eigenvalue weighted by Gasteiger charge is 2.22. The molecule has 0 spiro atoms. The molecule has 0 atom stereocenters. The van der Waals surface area contributed by atoms with Crippen molar-refractivity contribution in [1.29, 1.82) is 0 Å². The Balaban J connectivity index is 2.97. The molecule has 0 bridgehead atoms. The Labute approximate surface area is 88.0 Å². The summed E-state index contributed by atoms with van der Waals surface area (Å²) in [7, 11) is 1.59. The molecule has 1 aromatic rings. The second-order valence-electron chi connectivity index (χ2n) is 4.19. The fourth-order valence-corrected chi connectivity index (χ4v) is 1.08. The number of hydrogen-bond donors (Lipinski definition) is 0. The standard InChI is InChI=1S/C10H14N2O3/c1-10(2,3)15-9(14)7-5-11-12(4)8(7)6-13/h5-6H,1-4H3. The summed E-state index contributed by atoms with van der Waals surface area (Å²) in [5, 5.41) is 3.82. The highest BCUT2D eigenvalue weighted by molar-refractivity contribution is 5.97. The minimum atomic E-state index is -0.576. The van der Waals surface area contributed by atoms with Gasteiger partial charge in [-0.15, -0.1) is 0 Å². The van der Waals surface area contributed by atoms with Crippen LogP contribution in [0.1, 0.15) is 41.6 Å². The van der Waals surface area contributed by atoms with Gasteiger partial charge in [0, 0.05) is 7.05 Å². The molecule has 1 rings (SSSR count). The van der Waals surface area contributed by atoms with Gasteiger partial charge in [-0.05, 0) is 20.8 Å². The number of ether oxygens (including phenoxy) is 1. The predicted octanol–water partition coefficient (Wildman–Crippen LogP) is 1.19. The Morgan fingerprint density at radius 3 is 2.60 bits per heavy atom. The van der Waals surface area contributed by atoms with Gasteiger partial charge in [0.1, 0.15) is 16.9 Å². The van der Waals surface area contributed by atoms with Crippen LogP contribution in [0.3, 0.4) is 0 Å². The van der Waals surface area contributed by atoms with Gasteiger partial charge in [0.2, 0.25) is 0 Å². The molecular weight excluding hydrogens is 196 g/mol. The van der Waals surface area contributed by atoms with Gasteiger partial charge in [0.15, 0.2) is 6.29 Å². The smallest absolute Gasteiger partial charge is 0.342 e. The van der Waals surface area contributed by atoms with E-state index < -0.39 is 11.6 Å². The van der Waals surface area contributed by atoms with Crippen molar-refractivity contribution >= 4 is 12.3 Å². The molecule has 0 aliphatic rings. The normalized spacial score (nSPS) is 11.2. The Morgan fingerprint density at radius 1 is 1.53 bits per heavy atom. The van der Waals surface area contributed by atoms with Crippen LogP contribution in [0, 0.1) is 0 Å². The van der Waals surface area contributed by atoms with Crippen molar-refractivity contribution in [2.45, 2.75) is 26.4 Å². The summed E-state index contributed by atoms with van der Waals surface area (Å²) in [6.07, 6.45) is 1.92. The lowest BCUT2D eigenvalue weighted by Crippen LogP contribution is -2.24. The molecular formula is C10H14N2O3. The fraction of sp³-hybridized carbons (Fsp3) is 0.500. The summed E-state index contributed by atoms with van der Waals surface area (Å²) in [6, 6.07) is 0. The molecule has 15 heavy (non-hydrogen) atoms. The quantitative estimate of drug-likeness (QED) is 0.543. The average Bonchev–Trinajstić information content (AvgIpc) is 2.43. The lowest BCUT2D eigenvalue weighted by Gasteiger charge is -2.18. The Kier molecular flexibility index (Phi) is 2.93. The van der Waals surface area contributed by atoms with E-state index in [0.717, 1.165) is 0 Å². The molecule has 0 fully saturated rings. The highest BCUT2D eigenvalue weighted by atomic mass is 16.6. The number of aryl methyl sites for hydroxylation is 1. The summed E-state index contributed by atoms with van der Waals surface area (Å²) in [6.45, 7) is 5.30. The van der Waals surface area contributed by atoms with E-state index in [1.807, 2.05) is 0 Å². The second kappa shape index (κ2) is 3.84. The van der Waals surface area contributed by atoms with Gasteiger partial charge in [0.05, 0.1) is 6.20 Å². The lowest BCUT2D eigenvalue weighted by molar-refractivity contribution is 0.00681. The van der Waals surface area contributed by atoms with E-state index >= 15 is 0 Å². The number of esters is 1. The number of carbonyl (C=O) groups is 2. The van der Waals surface area contributed by atoms with Crippen LogP contribution in [-0.2, 0) is 11.8 Å². The third-order valence-electron chi connectivity index (χ3n) is 1.72. The van der Waals surface area contributed by atoms with Gasteiger partial charge < -0.3 is 4.74 Å². The Hall–Kier alpha value is -1.65. The molecule has 0 saturated heterocycles. The van der Waals surface area contributed by atoms with Crippen LogP contribution in [0.5, 0.6) is 0 Å². The third-order valence-corrected chi connectivity index (χ3v) is 1.72. The fourth-order valence-electron chi connectivity index (χ4n) is 1.08. The van der Waals surface area contributed by atoms with Gasteiger partial charge in [-0.2, -0.15) is 5.10 Å². The molecule has 5 heteroatoms. The molecule has 0 saturated carbocycles. The second-order valence-corrected chi connectivity index (χ2v) is 4.19. The molecule has 0 radical (unpaired) electrons. The average molecular weight is 210 g/mol. The van der Waals surface area contributed by atoms with Crippen LogP contribution in [-0.4, -0.2) is 27.6 Å². The van der Waals surface area contributed by atoms with Crippen LogP contribution in [0.25, 0.3) is 0 Å². The van der Waals surface area contributed by atoms with Crippen molar-refractivity contribution in [3.8, 4) is 0 Å². The van der Waals surface area contributed by atoms with Crippen molar-refractivity contribution in [1.82, 2.24) is 9.78 Å². The van der Waals surface area contributed by atoms with Crippen molar-refractivity contribution in [3.63, 3.8) is 0 Å². The topological polar surface area (TPSA) is 61.2 Å². The SMILES string of the molecule is Cn1ncc(C(=O)OC(C)(C)C)c1C=O. The van der Waals surface area contributed by atoms with Crippen molar-refractivity contribution in [3.05, 3.63) is 17.5 Å². The molecule has 0 unspecified atom stereocenters. The van der Waals surface area contributed by atoms with Crippen LogP contribution in [0.2, 0.25) is 0 Å². The first kappa shape index (κ1) is 11.4. The lowest BCUT2D eigenvalue weighted by atomic mass is 10.2. The van der Waals surface area contributed by atoms with Crippen LogP contribution in [0.15, 0.2) is 6.20 Å². The van der Waals surface area contributed by atoms with E-state index in [2.05, 4.69) is 5.10 Å². The molecule has 0 aliphatic carbocycles. The van der Waals surface area contributed by atoms with Crippen LogP contribution < -0.4 is 0 Å². The van der Waals surface area contributed by atoms with E-state index in [0.29, 0.717) is 6.29 Å². The van der Waals surface area contributed by atoms with E-state index in [-0.39, 0.29) is 11.3 Å². The maximum Gasteiger partial charge on any atom is 0.342 e. The van der Waals surface area contributed by atoms with Crippen LogP contribution in [0.4, 0.5) is 0 Å². The summed E-state index contributed by atoms with van der Waals surface area (Å²) >= 11 is 0. The van der Waals surface area contributed by atoms with E-state index in [1.54, 1.807) is 27.8 Å². The molecule has 82 valence electrons. The first-order valence-corrected chi connectivity index (χ1v) is 4.55. The summed E-state index contributed by atoms with van der Waals surface area (Å²) in [5.74, 6) is -0.530. The van der Waals surface area contributed by atoms with Gasteiger partial charge >= 0.3 is 5.97 Å². The molecule has 0 aliphatic heterocycles. The monoisotopic (exact) mass is 210 g/mol. The van der Waals surface area contributed by atoms with E-state index in [1.165, 1.54) is 10.9 Å². The highest BCUT2D eigenvalue weighted by Crippen LogP contribution is 2.13. The van der Waals surface area contributed by atoms with Crippen LogP contribution >= 0.6 is 0 Å².